The number of carbonyl (C=O) groups excluding carboxylic acids is 1. The summed E-state index contributed by atoms with van der Waals surface area (Å²) in [6.45, 7) is 3.02. The van der Waals surface area contributed by atoms with E-state index in [4.69, 9.17) is 4.42 Å². The SMILES string of the molecule is CC(C)(C=O)[C@H](C[N+](=O)[O-])c1ccco1. The Morgan fingerprint density at radius 2 is 2.33 bits per heavy atom. The molecule has 0 N–H and O–H groups in total. The Bertz CT molecular complexity index is 342. The fraction of sp³-hybridized carbons (Fsp3) is 0.500. The molecule has 0 aliphatic heterocycles. The van der Waals surface area contributed by atoms with Crippen molar-refractivity contribution in [1.29, 1.82) is 0 Å². The van der Waals surface area contributed by atoms with Crippen molar-refractivity contribution in [2.24, 2.45) is 5.41 Å². The Morgan fingerprint density at radius 3 is 2.73 bits per heavy atom. The summed E-state index contributed by atoms with van der Waals surface area (Å²) < 4.78 is 5.12. The van der Waals surface area contributed by atoms with Crippen molar-refractivity contribution in [2.45, 2.75) is 19.8 Å². The van der Waals surface area contributed by atoms with E-state index in [2.05, 4.69) is 0 Å². The average molecular weight is 211 g/mol. The molecule has 0 spiro atoms. The molecule has 5 heteroatoms. The third-order valence-electron chi connectivity index (χ3n) is 2.42. The zero-order chi connectivity index (χ0) is 11.5. The first-order valence-electron chi connectivity index (χ1n) is 4.59. The Labute approximate surface area is 87.2 Å². The number of hydrogen-bond acceptors (Lipinski definition) is 4. The van der Waals surface area contributed by atoms with E-state index in [-0.39, 0.29) is 6.54 Å². The molecule has 0 radical (unpaired) electrons. The van der Waals surface area contributed by atoms with Crippen LogP contribution in [0, 0.1) is 15.5 Å². The van der Waals surface area contributed by atoms with Gasteiger partial charge in [-0.15, -0.1) is 0 Å². The summed E-state index contributed by atoms with van der Waals surface area (Å²) in [4.78, 5) is 21.0. The number of furan rings is 1. The van der Waals surface area contributed by atoms with Crippen molar-refractivity contribution < 1.29 is 14.1 Å². The van der Waals surface area contributed by atoms with Crippen LogP contribution in [0.15, 0.2) is 22.8 Å². The van der Waals surface area contributed by atoms with Crippen LogP contribution in [0.1, 0.15) is 25.5 Å². The first-order chi connectivity index (χ1) is 6.97. The molecule has 0 saturated heterocycles. The highest BCUT2D eigenvalue weighted by Gasteiger charge is 2.36. The van der Waals surface area contributed by atoms with Crippen molar-refractivity contribution in [1.82, 2.24) is 0 Å². The van der Waals surface area contributed by atoms with Crippen LogP contribution in [0.2, 0.25) is 0 Å². The predicted molar refractivity (Wildman–Crippen MR) is 53.2 cm³/mol. The van der Waals surface area contributed by atoms with Crippen LogP contribution < -0.4 is 0 Å². The molecule has 0 saturated carbocycles. The van der Waals surface area contributed by atoms with Gasteiger partial charge in [0.1, 0.15) is 12.0 Å². The maximum absolute atomic E-state index is 10.9. The second kappa shape index (κ2) is 4.25. The number of nitro groups is 1. The second-order valence-corrected chi connectivity index (χ2v) is 4.02. The lowest BCUT2D eigenvalue weighted by Gasteiger charge is -2.23. The van der Waals surface area contributed by atoms with E-state index >= 15 is 0 Å². The highest BCUT2D eigenvalue weighted by molar-refractivity contribution is 5.60. The lowest BCUT2D eigenvalue weighted by atomic mass is 9.78. The van der Waals surface area contributed by atoms with Gasteiger partial charge in [0.05, 0.1) is 12.2 Å². The zero-order valence-corrected chi connectivity index (χ0v) is 8.67. The van der Waals surface area contributed by atoms with E-state index in [9.17, 15) is 14.9 Å². The van der Waals surface area contributed by atoms with E-state index in [1.807, 2.05) is 0 Å². The summed E-state index contributed by atoms with van der Waals surface area (Å²) in [5.74, 6) is -0.0520. The van der Waals surface area contributed by atoms with Crippen molar-refractivity contribution >= 4 is 6.29 Å². The normalized spacial score (nSPS) is 13.5. The van der Waals surface area contributed by atoms with Gasteiger partial charge in [0.2, 0.25) is 6.54 Å². The van der Waals surface area contributed by atoms with Crippen LogP contribution in [-0.4, -0.2) is 17.8 Å². The van der Waals surface area contributed by atoms with Crippen molar-refractivity contribution in [3.05, 3.63) is 34.3 Å². The van der Waals surface area contributed by atoms with E-state index in [0.717, 1.165) is 6.29 Å². The van der Waals surface area contributed by atoms with E-state index < -0.39 is 16.3 Å². The van der Waals surface area contributed by atoms with Gasteiger partial charge in [-0.05, 0) is 12.1 Å². The van der Waals surface area contributed by atoms with Gasteiger partial charge in [-0.25, -0.2) is 0 Å². The minimum absolute atomic E-state index is 0.306. The molecule has 1 aromatic rings. The molecule has 0 aliphatic rings. The Hall–Kier alpha value is -1.65. The van der Waals surface area contributed by atoms with E-state index in [1.54, 1.807) is 26.0 Å². The lowest BCUT2D eigenvalue weighted by Crippen LogP contribution is -2.29. The molecule has 1 aromatic heterocycles. The molecule has 15 heavy (non-hydrogen) atoms. The fourth-order valence-electron chi connectivity index (χ4n) is 1.41. The van der Waals surface area contributed by atoms with Gasteiger partial charge >= 0.3 is 0 Å². The number of hydrogen-bond donors (Lipinski definition) is 0. The predicted octanol–water partition coefficient (Wildman–Crippen LogP) is 1.86. The van der Waals surface area contributed by atoms with Gasteiger partial charge in [0.15, 0.2) is 0 Å². The molecule has 0 aromatic carbocycles. The second-order valence-electron chi connectivity index (χ2n) is 4.02. The third kappa shape index (κ3) is 2.65. The Morgan fingerprint density at radius 1 is 1.67 bits per heavy atom. The summed E-state index contributed by atoms with van der Waals surface area (Å²) in [5, 5.41) is 10.5. The topological polar surface area (TPSA) is 73.3 Å². The summed E-state index contributed by atoms with van der Waals surface area (Å²) in [5.41, 5.74) is -0.801. The largest absolute Gasteiger partial charge is 0.469 e. The highest BCUT2D eigenvalue weighted by atomic mass is 16.6. The molecule has 5 nitrogen and oxygen atoms in total. The van der Waals surface area contributed by atoms with Gasteiger partial charge in [0.25, 0.3) is 0 Å². The highest BCUT2D eigenvalue weighted by Crippen LogP contribution is 2.34. The summed E-state index contributed by atoms with van der Waals surface area (Å²) in [6.07, 6.45) is 2.17. The minimum Gasteiger partial charge on any atom is -0.469 e. The molecule has 0 fully saturated rings. The number of nitrogens with zero attached hydrogens (tertiary/aromatic N) is 1. The van der Waals surface area contributed by atoms with E-state index in [0.29, 0.717) is 5.76 Å². The molecule has 0 aliphatic carbocycles. The molecule has 1 atom stereocenters. The average Bonchev–Trinajstić information content (AvgIpc) is 2.66. The van der Waals surface area contributed by atoms with Gasteiger partial charge in [0, 0.05) is 10.3 Å². The zero-order valence-electron chi connectivity index (χ0n) is 8.67. The number of carbonyl (C=O) groups is 1. The van der Waals surface area contributed by atoms with Gasteiger partial charge in [-0.2, -0.15) is 0 Å². The third-order valence-corrected chi connectivity index (χ3v) is 2.42. The maximum Gasteiger partial charge on any atom is 0.214 e. The molecule has 1 rings (SSSR count). The first kappa shape index (κ1) is 11.4. The van der Waals surface area contributed by atoms with Crippen LogP contribution in [-0.2, 0) is 4.79 Å². The Kier molecular flexibility index (Phi) is 3.24. The van der Waals surface area contributed by atoms with Crippen LogP contribution >= 0.6 is 0 Å². The molecule has 0 amide bonds. The molecular weight excluding hydrogens is 198 g/mol. The van der Waals surface area contributed by atoms with Crippen LogP contribution in [0.4, 0.5) is 0 Å². The summed E-state index contributed by atoms with van der Waals surface area (Å²) in [6, 6.07) is 3.31. The molecule has 82 valence electrons. The van der Waals surface area contributed by atoms with E-state index in [1.165, 1.54) is 6.26 Å². The smallest absolute Gasteiger partial charge is 0.214 e. The van der Waals surface area contributed by atoms with Gasteiger partial charge < -0.3 is 9.21 Å². The standard InChI is InChI=1S/C10H13NO4/c1-10(2,7-12)8(6-11(13)14)9-4-3-5-15-9/h3-5,7-8H,6H2,1-2H3/t8-/m1/s1. The van der Waals surface area contributed by atoms with Crippen molar-refractivity contribution in [2.75, 3.05) is 6.54 Å². The first-order valence-corrected chi connectivity index (χ1v) is 4.59. The fourth-order valence-corrected chi connectivity index (χ4v) is 1.41. The summed E-state index contributed by atoms with van der Waals surface area (Å²) >= 11 is 0. The van der Waals surface area contributed by atoms with Gasteiger partial charge in [-0.1, -0.05) is 13.8 Å². The maximum atomic E-state index is 10.9. The molecule has 0 bridgehead atoms. The van der Waals surface area contributed by atoms with Crippen LogP contribution in [0.25, 0.3) is 0 Å². The van der Waals surface area contributed by atoms with Crippen molar-refractivity contribution in [3.63, 3.8) is 0 Å². The number of aldehydes is 1. The molecule has 0 unspecified atom stereocenters. The minimum atomic E-state index is -0.801. The molecule has 1 heterocycles. The van der Waals surface area contributed by atoms with Crippen LogP contribution in [0.3, 0.4) is 0 Å². The number of rotatable bonds is 5. The van der Waals surface area contributed by atoms with Crippen molar-refractivity contribution in [3.8, 4) is 0 Å². The van der Waals surface area contributed by atoms with Gasteiger partial charge in [-0.3, -0.25) is 10.1 Å². The summed E-state index contributed by atoms with van der Waals surface area (Å²) in [7, 11) is 0. The molecular formula is C10H13NO4. The Balaban J connectivity index is 2.98. The van der Waals surface area contributed by atoms with Crippen LogP contribution in [0.5, 0.6) is 0 Å². The lowest BCUT2D eigenvalue weighted by molar-refractivity contribution is -0.486. The monoisotopic (exact) mass is 211 g/mol. The quantitative estimate of drug-likeness (QED) is 0.423.